The Morgan fingerprint density at radius 2 is 1.88 bits per heavy atom. The number of hydrogen-bond donors (Lipinski definition) is 1. The lowest BCUT2D eigenvalue weighted by Gasteiger charge is -2.37. The van der Waals surface area contributed by atoms with Crippen LogP contribution >= 0.6 is 27.3 Å². The smallest absolute Gasteiger partial charge is 0.410 e. The molecule has 1 aliphatic rings. The lowest BCUT2D eigenvalue weighted by Crippen LogP contribution is -2.50. The van der Waals surface area contributed by atoms with E-state index in [9.17, 15) is 4.79 Å². The summed E-state index contributed by atoms with van der Waals surface area (Å²) in [5.74, 6) is 0. The Kier molecular flexibility index (Phi) is 7.53. The van der Waals surface area contributed by atoms with Gasteiger partial charge in [0, 0.05) is 52.8 Å². The van der Waals surface area contributed by atoms with Gasteiger partial charge in [-0.05, 0) is 39.0 Å². The molecular weight excluding hydrogens is 514 g/mol. The Labute approximate surface area is 212 Å². The third-order valence-corrected chi connectivity index (χ3v) is 6.44. The van der Waals surface area contributed by atoms with Crippen molar-refractivity contribution in [2.75, 3.05) is 36.5 Å². The van der Waals surface area contributed by atoms with Gasteiger partial charge in [0.25, 0.3) is 0 Å². The average molecular weight is 543 g/mol. The van der Waals surface area contributed by atoms with Crippen LogP contribution in [0.3, 0.4) is 0 Å². The lowest BCUT2D eigenvalue weighted by molar-refractivity contribution is 0.0240. The van der Waals surface area contributed by atoms with Gasteiger partial charge in [-0.2, -0.15) is 5.10 Å². The summed E-state index contributed by atoms with van der Waals surface area (Å²) in [4.78, 5) is 21.0. The van der Waals surface area contributed by atoms with Crippen molar-refractivity contribution in [2.45, 2.75) is 26.4 Å². The first-order valence-corrected chi connectivity index (χ1v) is 12.8. The molecule has 9 heteroatoms. The molecule has 0 bridgehead atoms. The summed E-state index contributed by atoms with van der Waals surface area (Å²) in [6.07, 6.45) is 1.55. The number of hydrazone groups is 1. The fourth-order valence-corrected chi connectivity index (χ4v) is 4.64. The van der Waals surface area contributed by atoms with E-state index in [0.717, 1.165) is 45.2 Å². The highest BCUT2D eigenvalue weighted by Crippen LogP contribution is 2.26. The number of carbonyl (C=O) groups excluding carboxylic acids is 1. The van der Waals surface area contributed by atoms with E-state index in [4.69, 9.17) is 4.74 Å². The molecule has 7 nitrogen and oxygen atoms in total. The highest BCUT2D eigenvalue weighted by molar-refractivity contribution is 9.10. The molecule has 2 heterocycles. The Morgan fingerprint density at radius 3 is 2.59 bits per heavy atom. The number of piperazine rings is 1. The molecule has 3 aromatic rings. The van der Waals surface area contributed by atoms with Gasteiger partial charge in [0.05, 0.1) is 11.9 Å². The van der Waals surface area contributed by atoms with Crippen LogP contribution in [0.15, 0.2) is 63.5 Å². The van der Waals surface area contributed by atoms with Gasteiger partial charge in [0.15, 0.2) is 0 Å². The number of carbonyl (C=O) groups is 1. The molecule has 178 valence electrons. The van der Waals surface area contributed by atoms with E-state index >= 15 is 0 Å². The molecule has 0 atom stereocenters. The highest BCUT2D eigenvalue weighted by Gasteiger charge is 2.26. The molecule has 0 saturated carbocycles. The number of benzene rings is 2. The number of nitrogens with zero attached hydrogens (tertiary/aromatic N) is 4. The molecule has 1 saturated heterocycles. The predicted molar refractivity (Wildman–Crippen MR) is 143 cm³/mol. The summed E-state index contributed by atoms with van der Waals surface area (Å²) >= 11 is 5.08. The molecule has 0 spiro atoms. The van der Waals surface area contributed by atoms with Crippen molar-refractivity contribution >= 4 is 50.4 Å². The molecule has 0 aliphatic carbocycles. The van der Waals surface area contributed by atoms with E-state index in [0.29, 0.717) is 13.1 Å². The number of aromatic nitrogens is 1. The maximum atomic E-state index is 12.4. The molecule has 1 aromatic heterocycles. The minimum atomic E-state index is -0.490. The van der Waals surface area contributed by atoms with Gasteiger partial charge >= 0.3 is 6.09 Å². The van der Waals surface area contributed by atoms with Crippen LogP contribution in [0.4, 0.5) is 15.6 Å². The van der Waals surface area contributed by atoms with Crippen LogP contribution in [0.1, 0.15) is 26.3 Å². The van der Waals surface area contributed by atoms with E-state index in [1.165, 1.54) is 11.3 Å². The zero-order chi connectivity index (χ0) is 24.1. The van der Waals surface area contributed by atoms with E-state index in [2.05, 4.69) is 42.4 Å². The van der Waals surface area contributed by atoms with Crippen molar-refractivity contribution in [1.82, 2.24) is 9.88 Å². The van der Waals surface area contributed by atoms with Crippen LogP contribution in [-0.4, -0.2) is 54.0 Å². The first kappa shape index (κ1) is 24.2. The van der Waals surface area contributed by atoms with Crippen LogP contribution in [0.25, 0.3) is 11.3 Å². The predicted octanol–water partition coefficient (Wildman–Crippen LogP) is 6.08. The number of nitrogens with one attached hydrogen (secondary N) is 1. The summed E-state index contributed by atoms with van der Waals surface area (Å²) < 4.78 is 6.49. The number of halogens is 1. The fraction of sp³-hybridized carbons (Fsp3) is 0.320. The first-order valence-electron chi connectivity index (χ1n) is 11.1. The number of anilines is 2. The van der Waals surface area contributed by atoms with Crippen LogP contribution in [-0.2, 0) is 4.74 Å². The molecule has 1 amide bonds. The Morgan fingerprint density at radius 1 is 1.15 bits per heavy atom. The van der Waals surface area contributed by atoms with E-state index in [-0.39, 0.29) is 6.09 Å². The first-order chi connectivity index (χ1) is 16.3. The molecule has 4 rings (SSSR count). The second kappa shape index (κ2) is 10.6. The number of amides is 1. The summed E-state index contributed by atoms with van der Waals surface area (Å²) in [5.41, 5.74) is 6.61. The molecule has 0 radical (unpaired) electrons. The zero-order valence-electron chi connectivity index (χ0n) is 19.5. The largest absolute Gasteiger partial charge is 0.444 e. The molecule has 2 aromatic carbocycles. The number of hydrogen-bond acceptors (Lipinski definition) is 7. The van der Waals surface area contributed by atoms with Crippen LogP contribution in [0.5, 0.6) is 0 Å². The molecule has 1 fully saturated rings. The molecule has 34 heavy (non-hydrogen) atoms. The van der Waals surface area contributed by atoms with Crippen molar-refractivity contribution < 1.29 is 9.53 Å². The van der Waals surface area contributed by atoms with Crippen molar-refractivity contribution in [3.05, 3.63) is 63.9 Å². The maximum Gasteiger partial charge on any atom is 0.410 e. The van der Waals surface area contributed by atoms with E-state index < -0.39 is 5.60 Å². The Bertz CT molecular complexity index is 1150. The summed E-state index contributed by atoms with van der Waals surface area (Å²) in [6.45, 7) is 8.33. The SMILES string of the molecule is CC(C)(C)OC(=O)N1CCN(c2ccc(Br)cc2C=NNc2nc(-c3ccccc3)cs2)CC1. The second-order valence-electron chi connectivity index (χ2n) is 8.93. The van der Waals surface area contributed by atoms with Gasteiger partial charge in [0.1, 0.15) is 5.60 Å². The highest BCUT2D eigenvalue weighted by atomic mass is 79.9. The zero-order valence-corrected chi connectivity index (χ0v) is 21.9. The van der Waals surface area contributed by atoms with Gasteiger partial charge in [-0.15, -0.1) is 11.3 Å². The number of ether oxygens (including phenoxy) is 1. The van der Waals surface area contributed by atoms with Crippen molar-refractivity contribution in [2.24, 2.45) is 5.10 Å². The van der Waals surface area contributed by atoms with Crippen LogP contribution in [0.2, 0.25) is 0 Å². The van der Waals surface area contributed by atoms with Crippen molar-refractivity contribution in [3.63, 3.8) is 0 Å². The van der Waals surface area contributed by atoms with E-state index in [1.54, 1.807) is 4.90 Å². The lowest BCUT2D eigenvalue weighted by atomic mass is 10.1. The van der Waals surface area contributed by atoms with Crippen molar-refractivity contribution in [1.29, 1.82) is 0 Å². The second-order valence-corrected chi connectivity index (χ2v) is 10.7. The van der Waals surface area contributed by atoms with Gasteiger partial charge in [0.2, 0.25) is 5.13 Å². The normalized spacial score (nSPS) is 14.5. The minimum absolute atomic E-state index is 0.257. The maximum absolute atomic E-state index is 12.4. The molecular formula is C25H28BrN5O2S. The molecule has 0 unspecified atom stereocenters. The Hall–Kier alpha value is -2.91. The summed E-state index contributed by atoms with van der Waals surface area (Å²) in [7, 11) is 0. The quantitative estimate of drug-likeness (QED) is 0.313. The van der Waals surface area contributed by atoms with Crippen LogP contribution < -0.4 is 10.3 Å². The van der Waals surface area contributed by atoms with Gasteiger partial charge in [-0.1, -0.05) is 46.3 Å². The van der Waals surface area contributed by atoms with E-state index in [1.807, 2.05) is 74.8 Å². The van der Waals surface area contributed by atoms with Crippen LogP contribution in [0, 0.1) is 0 Å². The van der Waals surface area contributed by atoms with Gasteiger partial charge in [-0.25, -0.2) is 9.78 Å². The van der Waals surface area contributed by atoms with Gasteiger partial charge < -0.3 is 14.5 Å². The standard InChI is InChI=1S/C25H28BrN5O2S/c1-25(2,3)33-24(32)31-13-11-30(12-14-31)22-10-9-20(26)15-19(22)16-27-29-23-28-21(17-34-23)18-7-5-4-6-8-18/h4-10,15-17H,11-14H2,1-3H3,(H,28,29). The third kappa shape index (κ3) is 6.36. The monoisotopic (exact) mass is 541 g/mol. The number of rotatable bonds is 5. The minimum Gasteiger partial charge on any atom is -0.444 e. The topological polar surface area (TPSA) is 70.1 Å². The molecule has 1 N–H and O–H groups in total. The average Bonchev–Trinajstić information content (AvgIpc) is 3.28. The Balaban J connectivity index is 1.40. The third-order valence-electron chi connectivity index (χ3n) is 5.20. The summed E-state index contributed by atoms with van der Waals surface area (Å²) in [6, 6.07) is 16.2. The van der Waals surface area contributed by atoms with Crippen molar-refractivity contribution in [3.8, 4) is 11.3 Å². The fourth-order valence-electron chi connectivity index (χ4n) is 3.60. The number of thiazole rings is 1. The summed E-state index contributed by atoms with van der Waals surface area (Å²) in [5, 5.41) is 7.19. The molecule has 1 aliphatic heterocycles. The van der Waals surface area contributed by atoms with Gasteiger partial charge in [-0.3, -0.25) is 5.43 Å².